The zero-order valence-corrected chi connectivity index (χ0v) is 19.3. The molecule has 0 atom stereocenters. The van der Waals surface area contributed by atoms with Crippen LogP contribution in [-0.2, 0) is 10.2 Å². The summed E-state index contributed by atoms with van der Waals surface area (Å²) in [6, 6.07) is 5.34. The molecule has 0 unspecified atom stereocenters. The predicted molar refractivity (Wildman–Crippen MR) is 120 cm³/mol. The summed E-state index contributed by atoms with van der Waals surface area (Å²) >= 11 is 0. The number of benzene rings is 1. The van der Waals surface area contributed by atoms with Crippen LogP contribution in [0, 0.1) is 6.92 Å². The van der Waals surface area contributed by atoms with Crippen molar-refractivity contribution in [3.8, 4) is 5.69 Å². The van der Waals surface area contributed by atoms with Crippen molar-refractivity contribution < 1.29 is 13.2 Å². The summed E-state index contributed by atoms with van der Waals surface area (Å²) in [6.07, 6.45) is 6.66. The second-order valence-corrected chi connectivity index (χ2v) is 10.4. The molecule has 1 aliphatic heterocycles. The maximum absolute atomic E-state index is 13.0. The highest BCUT2D eigenvalue weighted by atomic mass is 32.2. The molecular formula is C20H30N8O3S. The molecule has 1 aromatic carbocycles. The van der Waals surface area contributed by atoms with Gasteiger partial charge in [-0.05, 0) is 47.9 Å². The highest BCUT2D eigenvalue weighted by Crippen LogP contribution is 2.25. The highest BCUT2D eigenvalue weighted by molar-refractivity contribution is 7.86. The number of tetrazole rings is 1. The van der Waals surface area contributed by atoms with Crippen LogP contribution < -0.4 is 5.32 Å². The zero-order valence-electron chi connectivity index (χ0n) is 18.5. The van der Waals surface area contributed by atoms with E-state index in [0.29, 0.717) is 18.8 Å². The molecule has 2 fully saturated rings. The SMILES string of the molecule is Cc1ccc(NC(=O)N2CCN(S(=O)(=O)N(C)C3CCCCC3)CC2)cc1-n1cnnn1. The average Bonchev–Trinajstić information content (AvgIpc) is 3.35. The van der Waals surface area contributed by atoms with E-state index < -0.39 is 10.2 Å². The molecule has 1 aromatic heterocycles. The van der Waals surface area contributed by atoms with E-state index in [1.807, 2.05) is 25.1 Å². The molecule has 2 heterocycles. The van der Waals surface area contributed by atoms with Crippen molar-refractivity contribution >= 4 is 21.9 Å². The van der Waals surface area contributed by atoms with Crippen LogP contribution in [0.4, 0.5) is 10.5 Å². The number of piperazine rings is 1. The lowest BCUT2D eigenvalue weighted by molar-refractivity contribution is 0.178. The van der Waals surface area contributed by atoms with E-state index in [9.17, 15) is 13.2 Å². The van der Waals surface area contributed by atoms with Gasteiger partial charge in [0.1, 0.15) is 6.33 Å². The zero-order chi connectivity index (χ0) is 22.7. The van der Waals surface area contributed by atoms with Gasteiger partial charge in [0.25, 0.3) is 10.2 Å². The number of aryl methyl sites for hydroxylation is 1. The monoisotopic (exact) mass is 462 g/mol. The second-order valence-electron chi connectivity index (χ2n) is 8.39. The molecule has 1 saturated heterocycles. The summed E-state index contributed by atoms with van der Waals surface area (Å²) in [5.74, 6) is 0. The Bertz CT molecular complexity index is 1030. The Balaban J connectivity index is 1.35. The average molecular weight is 463 g/mol. The number of amides is 2. The van der Waals surface area contributed by atoms with Gasteiger partial charge in [-0.25, -0.2) is 9.48 Å². The van der Waals surface area contributed by atoms with Gasteiger partial charge in [-0.1, -0.05) is 25.3 Å². The van der Waals surface area contributed by atoms with E-state index in [2.05, 4.69) is 20.8 Å². The Morgan fingerprint density at radius 2 is 1.84 bits per heavy atom. The van der Waals surface area contributed by atoms with Gasteiger partial charge in [-0.3, -0.25) is 0 Å². The molecule has 32 heavy (non-hydrogen) atoms. The van der Waals surface area contributed by atoms with Crippen molar-refractivity contribution in [2.24, 2.45) is 0 Å². The lowest BCUT2D eigenvalue weighted by Gasteiger charge is -2.38. The minimum absolute atomic E-state index is 0.0750. The van der Waals surface area contributed by atoms with Gasteiger partial charge in [0, 0.05) is 45.0 Å². The number of nitrogens with one attached hydrogen (secondary N) is 1. The van der Waals surface area contributed by atoms with E-state index >= 15 is 0 Å². The number of carbonyl (C=O) groups is 1. The van der Waals surface area contributed by atoms with E-state index in [-0.39, 0.29) is 25.2 Å². The first-order valence-electron chi connectivity index (χ1n) is 11.0. The van der Waals surface area contributed by atoms with Crippen molar-refractivity contribution in [3.63, 3.8) is 0 Å². The van der Waals surface area contributed by atoms with Gasteiger partial charge in [0.2, 0.25) is 0 Å². The van der Waals surface area contributed by atoms with Crippen molar-refractivity contribution in [3.05, 3.63) is 30.1 Å². The first-order chi connectivity index (χ1) is 15.4. The van der Waals surface area contributed by atoms with Crippen molar-refractivity contribution in [1.82, 2.24) is 33.7 Å². The standard InChI is InChI=1S/C20H30N8O3S/c1-16-8-9-17(14-19(16)28-15-21-23-24-28)22-20(29)26-10-12-27(13-11-26)32(30,31)25(2)18-6-4-3-5-7-18/h8-9,14-15,18H,3-7,10-13H2,1-2H3,(H,22,29). The molecule has 0 spiro atoms. The molecule has 2 aliphatic rings. The first-order valence-corrected chi connectivity index (χ1v) is 12.4. The Morgan fingerprint density at radius 1 is 1.12 bits per heavy atom. The van der Waals surface area contributed by atoms with Gasteiger partial charge in [-0.2, -0.15) is 17.0 Å². The number of carbonyl (C=O) groups excluding carboxylic acids is 1. The molecule has 0 bridgehead atoms. The Labute approximate surface area is 188 Å². The third kappa shape index (κ3) is 4.76. The number of nitrogens with zero attached hydrogens (tertiary/aromatic N) is 7. The quantitative estimate of drug-likeness (QED) is 0.722. The predicted octanol–water partition coefficient (Wildman–Crippen LogP) is 1.63. The van der Waals surface area contributed by atoms with Crippen LogP contribution in [0.25, 0.3) is 5.69 Å². The molecule has 174 valence electrons. The molecule has 1 N–H and O–H groups in total. The van der Waals surface area contributed by atoms with Crippen LogP contribution >= 0.6 is 0 Å². The fourth-order valence-electron chi connectivity index (χ4n) is 4.35. The molecule has 2 aromatic rings. The van der Waals surface area contributed by atoms with Crippen LogP contribution in [0.3, 0.4) is 0 Å². The summed E-state index contributed by atoms with van der Waals surface area (Å²) in [5, 5.41) is 14.1. The van der Waals surface area contributed by atoms with Gasteiger partial charge >= 0.3 is 6.03 Å². The Kier molecular flexibility index (Phi) is 6.72. The Morgan fingerprint density at radius 3 is 2.50 bits per heavy atom. The summed E-state index contributed by atoms with van der Waals surface area (Å²) in [6.45, 7) is 3.20. The molecule has 4 rings (SSSR count). The summed E-state index contributed by atoms with van der Waals surface area (Å²) < 4.78 is 30.7. The van der Waals surface area contributed by atoms with Crippen LogP contribution in [-0.4, -0.2) is 87.4 Å². The molecule has 0 radical (unpaired) electrons. The molecule has 2 amide bonds. The minimum atomic E-state index is -3.52. The molecule has 1 aliphatic carbocycles. The van der Waals surface area contributed by atoms with E-state index in [4.69, 9.17) is 0 Å². The molecular weight excluding hydrogens is 432 g/mol. The largest absolute Gasteiger partial charge is 0.322 e. The Hall–Kier alpha value is -2.57. The van der Waals surface area contributed by atoms with Gasteiger partial charge in [0.05, 0.1) is 5.69 Å². The summed E-state index contributed by atoms with van der Waals surface area (Å²) in [4.78, 5) is 14.4. The van der Waals surface area contributed by atoms with Crippen LogP contribution in [0.2, 0.25) is 0 Å². The number of urea groups is 1. The number of hydrogen-bond acceptors (Lipinski definition) is 6. The number of hydrogen-bond donors (Lipinski definition) is 1. The fourth-order valence-corrected chi connectivity index (χ4v) is 5.92. The third-order valence-electron chi connectivity index (χ3n) is 6.36. The van der Waals surface area contributed by atoms with Gasteiger partial charge in [-0.15, -0.1) is 5.10 Å². The highest BCUT2D eigenvalue weighted by Gasteiger charge is 2.35. The maximum atomic E-state index is 13.0. The lowest BCUT2D eigenvalue weighted by Crippen LogP contribution is -2.55. The van der Waals surface area contributed by atoms with E-state index in [1.165, 1.54) is 26.0 Å². The van der Waals surface area contributed by atoms with Gasteiger partial charge < -0.3 is 10.2 Å². The van der Waals surface area contributed by atoms with Crippen molar-refractivity contribution in [2.75, 3.05) is 38.5 Å². The van der Waals surface area contributed by atoms with E-state index in [1.54, 1.807) is 11.9 Å². The third-order valence-corrected chi connectivity index (χ3v) is 8.40. The second kappa shape index (κ2) is 9.51. The van der Waals surface area contributed by atoms with Crippen LogP contribution in [0.1, 0.15) is 37.7 Å². The summed E-state index contributed by atoms with van der Waals surface area (Å²) in [5.41, 5.74) is 2.36. The number of anilines is 1. The molecule has 11 nitrogen and oxygen atoms in total. The smallest absolute Gasteiger partial charge is 0.321 e. The van der Waals surface area contributed by atoms with Crippen LogP contribution in [0.5, 0.6) is 0 Å². The topological polar surface area (TPSA) is 117 Å². The summed E-state index contributed by atoms with van der Waals surface area (Å²) in [7, 11) is -1.83. The minimum Gasteiger partial charge on any atom is -0.322 e. The normalized spacial score (nSPS) is 18.8. The fraction of sp³-hybridized carbons (Fsp3) is 0.600. The first kappa shape index (κ1) is 22.6. The van der Waals surface area contributed by atoms with Crippen molar-refractivity contribution in [2.45, 2.75) is 45.1 Å². The molecule has 1 saturated carbocycles. The maximum Gasteiger partial charge on any atom is 0.321 e. The van der Waals surface area contributed by atoms with E-state index in [0.717, 1.165) is 36.9 Å². The number of aromatic nitrogens is 4. The number of rotatable bonds is 5. The molecule has 12 heteroatoms. The lowest BCUT2D eigenvalue weighted by atomic mass is 9.96. The van der Waals surface area contributed by atoms with Crippen LogP contribution in [0.15, 0.2) is 24.5 Å². The van der Waals surface area contributed by atoms with Crippen molar-refractivity contribution in [1.29, 1.82) is 0 Å². The van der Waals surface area contributed by atoms with Gasteiger partial charge in [0.15, 0.2) is 0 Å².